The van der Waals surface area contributed by atoms with E-state index in [4.69, 9.17) is 4.74 Å². The quantitative estimate of drug-likeness (QED) is 0.838. The molecule has 0 aliphatic heterocycles. The third-order valence-corrected chi connectivity index (χ3v) is 4.24. The van der Waals surface area contributed by atoms with Crippen molar-refractivity contribution in [3.8, 4) is 0 Å². The molecule has 0 aromatic carbocycles. The molecule has 1 N–H and O–H groups in total. The molecule has 4 nitrogen and oxygen atoms in total. The van der Waals surface area contributed by atoms with Gasteiger partial charge in [-0.15, -0.1) is 0 Å². The van der Waals surface area contributed by atoms with Crippen molar-refractivity contribution in [2.75, 3.05) is 6.61 Å². The largest absolute Gasteiger partial charge is 0.370 e. The first-order valence-corrected chi connectivity index (χ1v) is 7.66. The van der Waals surface area contributed by atoms with Crippen LogP contribution in [0.5, 0.6) is 0 Å². The molecule has 0 saturated heterocycles. The molecule has 1 aromatic rings. The second-order valence-electron chi connectivity index (χ2n) is 4.72. The Bertz CT molecular complexity index is 441. The number of ether oxygens (including phenoxy) is 1. The smallest absolute Gasteiger partial charge is 0.264 e. The van der Waals surface area contributed by atoms with E-state index in [9.17, 15) is 4.79 Å². The topological polar surface area (TPSA) is 55.0 Å². The Morgan fingerprint density at radius 3 is 2.83 bits per heavy atom. The normalized spacial score (nSPS) is 18.8. The lowest BCUT2D eigenvalue weighted by molar-refractivity contribution is -0.000376. The summed E-state index contributed by atoms with van der Waals surface area (Å²) in [5.41, 5.74) is -0.0684. The van der Waals surface area contributed by atoms with Gasteiger partial charge in [0, 0.05) is 12.8 Å². The number of hydrogen-bond donors (Lipinski definition) is 1. The Labute approximate surface area is 121 Å². The van der Waals surface area contributed by atoms with Crippen molar-refractivity contribution >= 4 is 22.6 Å². The molecular weight excluding hydrogens is 343 g/mol. The summed E-state index contributed by atoms with van der Waals surface area (Å²) in [4.78, 5) is 18.9. The maximum absolute atomic E-state index is 11.7. The van der Waals surface area contributed by atoms with Crippen LogP contribution in [0.15, 0.2) is 11.0 Å². The number of nitrogens with one attached hydrogen (secondary N) is 1. The van der Waals surface area contributed by atoms with E-state index in [1.165, 1.54) is 32.1 Å². The first kappa shape index (κ1) is 14.0. The van der Waals surface area contributed by atoms with Gasteiger partial charge in [-0.05, 0) is 48.3 Å². The Morgan fingerprint density at radius 1 is 1.50 bits per heavy atom. The summed E-state index contributed by atoms with van der Waals surface area (Å²) in [6.45, 7) is 2.64. The van der Waals surface area contributed by atoms with Gasteiger partial charge in [-0.1, -0.05) is 19.3 Å². The second-order valence-corrected chi connectivity index (χ2v) is 5.88. The van der Waals surface area contributed by atoms with Gasteiger partial charge in [-0.25, -0.2) is 4.98 Å². The fraction of sp³-hybridized carbons (Fsp3) is 0.692. The molecule has 18 heavy (non-hydrogen) atoms. The number of aromatic amines is 1. The third-order valence-electron chi connectivity index (χ3n) is 3.47. The van der Waals surface area contributed by atoms with Crippen LogP contribution in [0.25, 0.3) is 0 Å². The molecule has 1 aromatic heterocycles. The third kappa shape index (κ3) is 3.32. The highest BCUT2D eigenvalue weighted by Crippen LogP contribution is 2.35. The predicted octanol–water partition coefficient (Wildman–Crippen LogP) is 3.03. The van der Waals surface area contributed by atoms with Gasteiger partial charge in [0.1, 0.15) is 11.9 Å². The van der Waals surface area contributed by atoms with Crippen molar-refractivity contribution < 1.29 is 4.74 Å². The minimum atomic E-state index is -0.0684. The summed E-state index contributed by atoms with van der Waals surface area (Å²) >= 11 is 1.99. The van der Waals surface area contributed by atoms with Crippen molar-refractivity contribution in [2.24, 2.45) is 5.92 Å². The van der Waals surface area contributed by atoms with Gasteiger partial charge >= 0.3 is 0 Å². The van der Waals surface area contributed by atoms with Gasteiger partial charge in [0.25, 0.3) is 5.56 Å². The number of halogens is 1. The minimum absolute atomic E-state index is 0.0556. The number of hydrogen-bond acceptors (Lipinski definition) is 3. The standard InChI is InChI=1S/C13H19IN2O2/c1-2-18-11(9-6-4-3-5-7-9)12-15-8-10(14)13(17)16-12/h8-9,11H,2-7H2,1H3,(H,15,16,17). The van der Waals surface area contributed by atoms with Crippen molar-refractivity contribution in [3.63, 3.8) is 0 Å². The second kappa shape index (κ2) is 6.65. The van der Waals surface area contributed by atoms with Gasteiger partial charge in [0.2, 0.25) is 0 Å². The number of aromatic nitrogens is 2. The van der Waals surface area contributed by atoms with Crippen LogP contribution in [-0.2, 0) is 4.74 Å². The SMILES string of the molecule is CCOC(c1ncc(I)c(=O)[nH]1)C1CCCCC1. The summed E-state index contributed by atoms with van der Waals surface area (Å²) in [5.74, 6) is 1.18. The Morgan fingerprint density at radius 2 is 2.22 bits per heavy atom. The van der Waals surface area contributed by atoms with E-state index in [1.807, 2.05) is 29.5 Å². The lowest BCUT2D eigenvalue weighted by atomic mass is 9.85. The summed E-state index contributed by atoms with van der Waals surface area (Å²) in [6.07, 6.45) is 7.72. The van der Waals surface area contributed by atoms with Crippen molar-refractivity contribution in [1.29, 1.82) is 0 Å². The van der Waals surface area contributed by atoms with Crippen LogP contribution in [0.4, 0.5) is 0 Å². The molecule has 1 aliphatic rings. The van der Waals surface area contributed by atoms with E-state index in [2.05, 4.69) is 9.97 Å². The van der Waals surface area contributed by atoms with Crippen LogP contribution in [0.2, 0.25) is 0 Å². The van der Waals surface area contributed by atoms with Crippen LogP contribution in [0, 0.1) is 9.49 Å². The van der Waals surface area contributed by atoms with E-state index in [0.29, 0.717) is 21.9 Å². The first-order chi connectivity index (χ1) is 8.72. The van der Waals surface area contributed by atoms with Crippen LogP contribution < -0.4 is 5.56 Å². The molecule has 0 bridgehead atoms. The van der Waals surface area contributed by atoms with E-state index < -0.39 is 0 Å². The monoisotopic (exact) mass is 362 g/mol. The van der Waals surface area contributed by atoms with Gasteiger partial charge in [-0.3, -0.25) is 4.79 Å². The van der Waals surface area contributed by atoms with Crippen LogP contribution in [-0.4, -0.2) is 16.6 Å². The fourth-order valence-corrected chi connectivity index (χ4v) is 2.87. The predicted molar refractivity (Wildman–Crippen MR) is 78.5 cm³/mol. The molecule has 0 radical (unpaired) electrons. The highest BCUT2D eigenvalue weighted by molar-refractivity contribution is 14.1. The van der Waals surface area contributed by atoms with Gasteiger partial charge in [0.05, 0.1) is 3.57 Å². The minimum Gasteiger partial charge on any atom is -0.370 e. The molecule has 1 fully saturated rings. The van der Waals surface area contributed by atoms with Gasteiger partial charge < -0.3 is 9.72 Å². The van der Waals surface area contributed by atoms with Gasteiger partial charge in [0.15, 0.2) is 0 Å². The molecule has 1 heterocycles. The number of nitrogens with zero attached hydrogens (tertiary/aromatic N) is 1. The van der Waals surface area contributed by atoms with Crippen molar-refractivity contribution in [3.05, 3.63) is 25.9 Å². The molecule has 2 rings (SSSR count). The Kier molecular flexibility index (Phi) is 5.17. The van der Waals surface area contributed by atoms with Crippen LogP contribution in [0.3, 0.4) is 0 Å². The zero-order valence-electron chi connectivity index (χ0n) is 10.6. The van der Waals surface area contributed by atoms with E-state index in [1.54, 1.807) is 6.20 Å². The highest BCUT2D eigenvalue weighted by Gasteiger charge is 2.27. The molecule has 0 spiro atoms. The maximum Gasteiger partial charge on any atom is 0.264 e. The van der Waals surface area contributed by atoms with E-state index in [-0.39, 0.29) is 11.7 Å². The molecule has 1 saturated carbocycles. The summed E-state index contributed by atoms with van der Waals surface area (Å²) in [7, 11) is 0. The molecule has 1 atom stereocenters. The Hall–Kier alpha value is -0.430. The maximum atomic E-state index is 11.7. The van der Waals surface area contributed by atoms with Gasteiger partial charge in [-0.2, -0.15) is 0 Å². The first-order valence-electron chi connectivity index (χ1n) is 6.58. The summed E-state index contributed by atoms with van der Waals surface area (Å²) in [5, 5.41) is 0. The summed E-state index contributed by atoms with van der Waals surface area (Å²) < 4.78 is 6.45. The molecule has 5 heteroatoms. The lowest BCUT2D eigenvalue weighted by Gasteiger charge is -2.29. The molecule has 100 valence electrons. The molecular formula is C13H19IN2O2. The zero-order chi connectivity index (χ0) is 13.0. The van der Waals surface area contributed by atoms with E-state index in [0.717, 1.165) is 0 Å². The average molecular weight is 362 g/mol. The number of H-pyrrole nitrogens is 1. The summed E-state index contributed by atoms with van der Waals surface area (Å²) in [6, 6.07) is 0. The van der Waals surface area contributed by atoms with Crippen molar-refractivity contribution in [2.45, 2.75) is 45.1 Å². The van der Waals surface area contributed by atoms with Crippen LogP contribution in [0.1, 0.15) is 51.0 Å². The molecule has 1 unspecified atom stereocenters. The average Bonchev–Trinajstić information content (AvgIpc) is 2.40. The van der Waals surface area contributed by atoms with Crippen LogP contribution >= 0.6 is 22.6 Å². The fourth-order valence-electron chi connectivity index (χ4n) is 2.59. The zero-order valence-corrected chi connectivity index (χ0v) is 12.8. The lowest BCUT2D eigenvalue weighted by Crippen LogP contribution is -2.24. The van der Waals surface area contributed by atoms with Crippen molar-refractivity contribution in [1.82, 2.24) is 9.97 Å². The van der Waals surface area contributed by atoms with E-state index >= 15 is 0 Å². The Balaban J connectivity index is 2.22. The molecule has 0 amide bonds. The highest BCUT2D eigenvalue weighted by atomic mass is 127. The molecule has 1 aliphatic carbocycles. The number of rotatable bonds is 4.